The Balaban J connectivity index is 1.64. The summed E-state index contributed by atoms with van der Waals surface area (Å²) in [6.07, 6.45) is -0.364. The van der Waals surface area contributed by atoms with Crippen LogP contribution in [0.1, 0.15) is 18.1 Å². The fraction of sp³-hybridized carbons (Fsp3) is 0.318. The van der Waals surface area contributed by atoms with Crippen LogP contribution in [-0.2, 0) is 27.4 Å². The Labute approximate surface area is 169 Å². The number of carbonyl (C=O) groups excluding carboxylic acids is 2. The lowest BCUT2D eigenvalue weighted by molar-refractivity contribution is -0.155. The number of amides is 2. The average Bonchev–Trinajstić information content (AvgIpc) is 2.74. The van der Waals surface area contributed by atoms with Gasteiger partial charge in [-0.2, -0.15) is 0 Å². The van der Waals surface area contributed by atoms with Crippen molar-refractivity contribution in [3.63, 3.8) is 0 Å². The lowest BCUT2D eigenvalue weighted by atomic mass is 10.0. The zero-order valence-electron chi connectivity index (χ0n) is 16.2. The van der Waals surface area contributed by atoms with Gasteiger partial charge in [0.05, 0.1) is 0 Å². The molecule has 2 aromatic rings. The maximum Gasteiger partial charge on any atom is 0.410 e. The molecule has 2 amide bonds. The maximum atomic E-state index is 12.9. The number of piperazine rings is 1. The van der Waals surface area contributed by atoms with Crippen LogP contribution in [0.2, 0.25) is 0 Å². The molecular formula is C22H24N2O5. The van der Waals surface area contributed by atoms with Crippen molar-refractivity contribution < 1.29 is 24.2 Å². The van der Waals surface area contributed by atoms with Crippen LogP contribution in [0, 0.1) is 0 Å². The molecule has 1 N–H and O–H groups in total. The smallest absolute Gasteiger partial charge is 0.410 e. The highest BCUT2D eigenvalue weighted by Crippen LogP contribution is 2.19. The average molecular weight is 396 g/mol. The topological polar surface area (TPSA) is 87.2 Å². The summed E-state index contributed by atoms with van der Waals surface area (Å²) >= 11 is 0. The molecule has 152 valence electrons. The molecule has 0 unspecified atom stereocenters. The second kappa shape index (κ2) is 9.23. The first-order chi connectivity index (χ1) is 14.0. The van der Waals surface area contributed by atoms with Gasteiger partial charge in [-0.25, -0.2) is 9.59 Å². The Morgan fingerprint density at radius 3 is 2.21 bits per heavy atom. The molecule has 0 radical (unpaired) electrons. The molecule has 0 saturated carbocycles. The van der Waals surface area contributed by atoms with Gasteiger partial charge >= 0.3 is 12.1 Å². The fourth-order valence-corrected chi connectivity index (χ4v) is 3.42. The van der Waals surface area contributed by atoms with E-state index >= 15 is 0 Å². The summed E-state index contributed by atoms with van der Waals surface area (Å²) in [6.45, 7) is 2.08. The molecule has 1 saturated heterocycles. The van der Waals surface area contributed by atoms with E-state index in [1.807, 2.05) is 60.7 Å². The van der Waals surface area contributed by atoms with Crippen molar-refractivity contribution >= 4 is 18.0 Å². The molecule has 1 fully saturated rings. The van der Waals surface area contributed by atoms with Crippen molar-refractivity contribution in [2.24, 2.45) is 0 Å². The van der Waals surface area contributed by atoms with Crippen molar-refractivity contribution in [3.05, 3.63) is 71.8 Å². The SMILES string of the molecule is C[C@H]1C(=O)N([C@@H](Cc2ccccc2)C(=O)O)CCN1C(=O)OCc1ccccc1. The Kier molecular flexibility index (Phi) is 6.49. The third-order valence-electron chi connectivity index (χ3n) is 5.06. The highest BCUT2D eigenvalue weighted by Gasteiger charge is 2.40. The lowest BCUT2D eigenvalue weighted by Crippen LogP contribution is -2.61. The third-order valence-corrected chi connectivity index (χ3v) is 5.06. The maximum absolute atomic E-state index is 12.9. The van der Waals surface area contributed by atoms with E-state index in [1.54, 1.807) is 6.92 Å². The highest BCUT2D eigenvalue weighted by atomic mass is 16.6. The van der Waals surface area contributed by atoms with Crippen LogP contribution in [0.15, 0.2) is 60.7 Å². The fourth-order valence-electron chi connectivity index (χ4n) is 3.42. The Morgan fingerprint density at radius 2 is 1.62 bits per heavy atom. The number of rotatable bonds is 6. The van der Waals surface area contributed by atoms with E-state index in [2.05, 4.69) is 0 Å². The molecule has 0 spiro atoms. The number of carboxylic acids is 1. The minimum atomic E-state index is -1.06. The molecule has 2 aromatic carbocycles. The molecule has 0 aliphatic carbocycles. The van der Waals surface area contributed by atoms with Gasteiger partial charge in [-0.05, 0) is 18.1 Å². The van der Waals surface area contributed by atoms with Crippen molar-refractivity contribution in [2.75, 3.05) is 13.1 Å². The van der Waals surface area contributed by atoms with Crippen molar-refractivity contribution in [1.29, 1.82) is 0 Å². The number of aliphatic carboxylic acids is 1. The number of hydrogen-bond donors (Lipinski definition) is 1. The number of hydrogen-bond acceptors (Lipinski definition) is 4. The Morgan fingerprint density at radius 1 is 1.03 bits per heavy atom. The molecule has 1 aliphatic heterocycles. The van der Waals surface area contributed by atoms with Gasteiger partial charge in [-0.1, -0.05) is 60.7 Å². The molecule has 0 aromatic heterocycles. The molecule has 7 nitrogen and oxygen atoms in total. The van der Waals surface area contributed by atoms with E-state index in [-0.39, 0.29) is 26.1 Å². The summed E-state index contributed by atoms with van der Waals surface area (Å²) in [5, 5.41) is 9.68. The summed E-state index contributed by atoms with van der Waals surface area (Å²) in [4.78, 5) is 39.8. The molecule has 2 atom stereocenters. The van der Waals surface area contributed by atoms with Crippen LogP contribution >= 0.6 is 0 Å². The van der Waals surface area contributed by atoms with Gasteiger partial charge in [0.25, 0.3) is 0 Å². The molecule has 7 heteroatoms. The van der Waals surface area contributed by atoms with Crippen LogP contribution in [0.5, 0.6) is 0 Å². The molecule has 0 bridgehead atoms. The zero-order chi connectivity index (χ0) is 20.8. The molecule has 1 heterocycles. The number of ether oxygens (including phenoxy) is 1. The largest absolute Gasteiger partial charge is 0.480 e. The van der Waals surface area contributed by atoms with Gasteiger partial charge in [0, 0.05) is 19.5 Å². The number of benzene rings is 2. The van der Waals surface area contributed by atoms with E-state index < -0.39 is 30.1 Å². The lowest BCUT2D eigenvalue weighted by Gasteiger charge is -2.40. The highest BCUT2D eigenvalue weighted by molar-refractivity contribution is 5.90. The van der Waals surface area contributed by atoms with E-state index in [1.165, 1.54) is 9.80 Å². The number of carboxylic acid groups (broad SMARTS) is 1. The summed E-state index contributed by atoms with van der Waals surface area (Å²) in [7, 11) is 0. The van der Waals surface area contributed by atoms with Crippen molar-refractivity contribution in [1.82, 2.24) is 9.80 Å². The third kappa shape index (κ3) is 4.93. The summed E-state index contributed by atoms with van der Waals surface area (Å²) in [6, 6.07) is 16.7. The van der Waals surface area contributed by atoms with Gasteiger partial charge in [0.2, 0.25) is 5.91 Å². The predicted molar refractivity (Wildman–Crippen MR) is 106 cm³/mol. The summed E-state index contributed by atoms with van der Waals surface area (Å²) in [5.41, 5.74) is 1.69. The second-order valence-electron chi connectivity index (χ2n) is 6.98. The minimum absolute atomic E-state index is 0.118. The second-order valence-corrected chi connectivity index (χ2v) is 6.98. The molecule has 3 rings (SSSR count). The van der Waals surface area contributed by atoms with Gasteiger partial charge in [0.15, 0.2) is 0 Å². The Hall–Kier alpha value is -3.35. The van der Waals surface area contributed by atoms with E-state index in [0.29, 0.717) is 0 Å². The van der Waals surface area contributed by atoms with Gasteiger partial charge in [-0.15, -0.1) is 0 Å². The minimum Gasteiger partial charge on any atom is -0.480 e. The van der Waals surface area contributed by atoms with Crippen LogP contribution in [0.4, 0.5) is 4.79 Å². The van der Waals surface area contributed by atoms with Crippen LogP contribution in [0.25, 0.3) is 0 Å². The molecule has 1 aliphatic rings. The summed E-state index contributed by atoms with van der Waals surface area (Å²) in [5.74, 6) is -1.45. The van der Waals surface area contributed by atoms with Crippen LogP contribution in [-0.4, -0.2) is 58.0 Å². The number of nitrogens with zero attached hydrogens (tertiary/aromatic N) is 2. The van der Waals surface area contributed by atoms with Crippen molar-refractivity contribution in [3.8, 4) is 0 Å². The van der Waals surface area contributed by atoms with E-state index in [4.69, 9.17) is 4.74 Å². The van der Waals surface area contributed by atoms with Crippen molar-refractivity contribution in [2.45, 2.75) is 32.0 Å². The van der Waals surface area contributed by atoms with Crippen LogP contribution in [0.3, 0.4) is 0 Å². The monoisotopic (exact) mass is 396 g/mol. The Bertz CT molecular complexity index is 856. The normalized spacial score (nSPS) is 17.7. The first kappa shape index (κ1) is 20.4. The molecule has 29 heavy (non-hydrogen) atoms. The number of carbonyl (C=O) groups is 3. The quantitative estimate of drug-likeness (QED) is 0.811. The predicted octanol–water partition coefficient (Wildman–Crippen LogP) is 2.55. The first-order valence-corrected chi connectivity index (χ1v) is 9.52. The standard InChI is InChI=1S/C22H24N2O5/c1-16-20(25)24(19(21(26)27)14-17-8-4-2-5-9-17)13-12-23(16)22(28)29-15-18-10-6-3-7-11-18/h2-11,16,19H,12-15H2,1H3,(H,26,27)/t16-,19-/m0/s1. The van der Waals surface area contributed by atoms with Crippen LogP contribution < -0.4 is 0 Å². The van der Waals surface area contributed by atoms with Gasteiger partial charge in [0.1, 0.15) is 18.7 Å². The first-order valence-electron chi connectivity index (χ1n) is 9.52. The van der Waals surface area contributed by atoms with Gasteiger partial charge < -0.3 is 14.7 Å². The van der Waals surface area contributed by atoms with Gasteiger partial charge in [-0.3, -0.25) is 9.69 Å². The zero-order valence-corrected chi connectivity index (χ0v) is 16.2. The van der Waals surface area contributed by atoms with E-state index in [0.717, 1.165) is 11.1 Å². The summed E-state index contributed by atoms with van der Waals surface area (Å²) < 4.78 is 5.33. The van der Waals surface area contributed by atoms with E-state index in [9.17, 15) is 19.5 Å². The molecular weight excluding hydrogens is 372 g/mol.